The molecule has 2 heterocycles. The Kier molecular flexibility index (Phi) is 5.36. The Balaban J connectivity index is 1.75. The molecule has 26 heavy (non-hydrogen) atoms. The van der Waals surface area contributed by atoms with Crippen LogP contribution in [0.5, 0.6) is 0 Å². The van der Waals surface area contributed by atoms with E-state index in [1.54, 1.807) is 9.80 Å². The first kappa shape index (κ1) is 18.9. The van der Waals surface area contributed by atoms with Crippen molar-refractivity contribution in [2.24, 2.45) is 11.7 Å². The van der Waals surface area contributed by atoms with Crippen molar-refractivity contribution in [2.45, 2.75) is 23.9 Å². The SMILES string of the molecule is NC(=O)[C@@H]1CCCN(C(=O)CN2CCSc3ccc(C(F)(F)F)cc32)C1. The number of hydrogen-bond acceptors (Lipinski definition) is 4. The number of alkyl halides is 3. The number of hydrogen-bond donors (Lipinski definition) is 1. The Bertz CT molecular complexity index is 711. The second-order valence-electron chi connectivity index (χ2n) is 6.53. The van der Waals surface area contributed by atoms with Gasteiger partial charge in [0.2, 0.25) is 11.8 Å². The Morgan fingerprint density at radius 1 is 1.27 bits per heavy atom. The number of benzene rings is 1. The van der Waals surface area contributed by atoms with Crippen LogP contribution in [-0.4, -0.2) is 48.6 Å². The summed E-state index contributed by atoms with van der Waals surface area (Å²) in [6.07, 6.45) is -3.06. The molecule has 2 N–H and O–H groups in total. The van der Waals surface area contributed by atoms with Crippen molar-refractivity contribution in [3.8, 4) is 0 Å². The Labute approximate surface area is 153 Å². The van der Waals surface area contributed by atoms with E-state index in [0.717, 1.165) is 17.0 Å². The zero-order chi connectivity index (χ0) is 18.9. The molecule has 0 unspecified atom stereocenters. The summed E-state index contributed by atoms with van der Waals surface area (Å²) >= 11 is 1.48. The summed E-state index contributed by atoms with van der Waals surface area (Å²) < 4.78 is 39.0. The number of amides is 2. The molecule has 0 saturated carbocycles. The summed E-state index contributed by atoms with van der Waals surface area (Å²) in [5.41, 5.74) is 5.06. The zero-order valence-corrected chi connectivity index (χ0v) is 14.9. The number of carbonyl (C=O) groups excluding carboxylic acids is 2. The number of fused-ring (bicyclic) bond motifs is 1. The number of thioether (sulfide) groups is 1. The fraction of sp³-hybridized carbons (Fsp3) is 0.529. The molecular weight excluding hydrogens is 367 g/mol. The summed E-state index contributed by atoms with van der Waals surface area (Å²) in [5.74, 6) is -0.257. The highest BCUT2D eigenvalue weighted by Crippen LogP contribution is 2.39. The molecule has 1 saturated heterocycles. The summed E-state index contributed by atoms with van der Waals surface area (Å²) in [4.78, 5) is 28.0. The molecule has 0 spiro atoms. The molecular formula is C17H20F3N3O2S. The van der Waals surface area contributed by atoms with Crippen molar-refractivity contribution >= 4 is 29.3 Å². The normalized spacial score (nSPS) is 20.7. The van der Waals surface area contributed by atoms with Gasteiger partial charge in [-0.25, -0.2) is 0 Å². The van der Waals surface area contributed by atoms with Crippen molar-refractivity contribution in [2.75, 3.05) is 36.8 Å². The molecule has 3 rings (SSSR count). The van der Waals surface area contributed by atoms with Gasteiger partial charge >= 0.3 is 6.18 Å². The predicted molar refractivity (Wildman–Crippen MR) is 92.9 cm³/mol. The minimum atomic E-state index is -4.42. The number of rotatable bonds is 3. The van der Waals surface area contributed by atoms with Gasteiger partial charge in [-0.05, 0) is 31.0 Å². The van der Waals surface area contributed by atoms with Crippen LogP contribution in [0.25, 0.3) is 0 Å². The van der Waals surface area contributed by atoms with Gasteiger partial charge < -0.3 is 15.5 Å². The number of primary amides is 1. The maximum absolute atomic E-state index is 13.0. The Morgan fingerprint density at radius 3 is 2.73 bits per heavy atom. The molecule has 0 radical (unpaired) electrons. The number of nitrogens with two attached hydrogens (primary N) is 1. The highest BCUT2D eigenvalue weighted by Gasteiger charge is 2.33. The summed E-state index contributed by atoms with van der Waals surface area (Å²) in [6, 6.07) is 3.64. The standard InChI is InChI=1S/C17H20F3N3O2S/c18-17(19,20)12-3-4-14-13(8-12)22(6-7-26-14)10-15(24)23-5-1-2-11(9-23)16(21)25/h3-4,8,11H,1-2,5-7,9-10H2,(H2,21,25)/t11-/m1/s1. The van der Waals surface area contributed by atoms with Crippen molar-refractivity contribution in [3.05, 3.63) is 23.8 Å². The lowest BCUT2D eigenvalue weighted by molar-refractivity contribution is -0.137. The molecule has 0 aromatic heterocycles. The molecule has 142 valence electrons. The first-order valence-electron chi connectivity index (χ1n) is 8.42. The van der Waals surface area contributed by atoms with Gasteiger partial charge in [-0.2, -0.15) is 13.2 Å². The monoisotopic (exact) mass is 387 g/mol. The van der Waals surface area contributed by atoms with Crippen LogP contribution >= 0.6 is 11.8 Å². The largest absolute Gasteiger partial charge is 0.416 e. The predicted octanol–water partition coefficient (Wildman–Crippen LogP) is 2.34. The van der Waals surface area contributed by atoms with Gasteiger partial charge in [-0.1, -0.05) is 0 Å². The highest BCUT2D eigenvalue weighted by molar-refractivity contribution is 7.99. The van der Waals surface area contributed by atoms with Crippen molar-refractivity contribution in [3.63, 3.8) is 0 Å². The van der Waals surface area contributed by atoms with Crippen LogP contribution < -0.4 is 10.6 Å². The summed E-state index contributed by atoms with van der Waals surface area (Å²) in [6.45, 7) is 1.32. The average Bonchev–Trinajstić information content (AvgIpc) is 2.61. The van der Waals surface area contributed by atoms with Gasteiger partial charge in [0.25, 0.3) is 0 Å². The number of carbonyl (C=O) groups is 2. The third kappa shape index (κ3) is 4.08. The van der Waals surface area contributed by atoms with Gasteiger partial charge in [-0.15, -0.1) is 11.8 Å². The number of anilines is 1. The van der Waals surface area contributed by atoms with Gasteiger partial charge in [0.15, 0.2) is 0 Å². The zero-order valence-electron chi connectivity index (χ0n) is 14.1. The molecule has 0 bridgehead atoms. The fourth-order valence-electron chi connectivity index (χ4n) is 3.31. The molecule has 9 heteroatoms. The van der Waals surface area contributed by atoms with E-state index in [0.29, 0.717) is 37.4 Å². The third-order valence-electron chi connectivity index (χ3n) is 4.75. The van der Waals surface area contributed by atoms with E-state index < -0.39 is 17.6 Å². The van der Waals surface area contributed by atoms with E-state index >= 15 is 0 Å². The van der Waals surface area contributed by atoms with Crippen LogP contribution in [0, 0.1) is 5.92 Å². The fourth-order valence-corrected chi connectivity index (χ4v) is 4.34. The molecule has 1 aromatic rings. The lowest BCUT2D eigenvalue weighted by atomic mass is 9.97. The first-order valence-corrected chi connectivity index (χ1v) is 9.40. The number of piperidine rings is 1. The Morgan fingerprint density at radius 2 is 2.04 bits per heavy atom. The number of likely N-dealkylation sites (tertiary alicyclic amines) is 1. The number of halogens is 3. The maximum atomic E-state index is 13.0. The topological polar surface area (TPSA) is 66.6 Å². The van der Waals surface area contributed by atoms with Gasteiger partial charge in [-0.3, -0.25) is 9.59 Å². The smallest absolute Gasteiger partial charge is 0.369 e. The summed E-state index contributed by atoms with van der Waals surface area (Å²) in [7, 11) is 0. The van der Waals surface area contributed by atoms with E-state index in [1.165, 1.54) is 17.8 Å². The third-order valence-corrected chi connectivity index (χ3v) is 5.79. The molecule has 2 aliphatic rings. The van der Waals surface area contributed by atoms with E-state index in [-0.39, 0.29) is 24.9 Å². The van der Waals surface area contributed by atoms with Gasteiger partial charge in [0, 0.05) is 30.3 Å². The summed E-state index contributed by atoms with van der Waals surface area (Å²) in [5, 5.41) is 0. The van der Waals surface area contributed by atoms with E-state index in [2.05, 4.69) is 0 Å². The van der Waals surface area contributed by atoms with E-state index in [9.17, 15) is 22.8 Å². The maximum Gasteiger partial charge on any atom is 0.416 e. The number of nitrogens with zero attached hydrogens (tertiary/aromatic N) is 2. The second-order valence-corrected chi connectivity index (χ2v) is 7.67. The second kappa shape index (κ2) is 7.38. The lowest BCUT2D eigenvalue weighted by Crippen LogP contribution is -2.48. The molecule has 5 nitrogen and oxygen atoms in total. The van der Waals surface area contributed by atoms with Crippen LogP contribution in [-0.2, 0) is 15.8 Å². The molecule has 0 aliphatic carbocycles. The van der Waals surface area contributed by atoms with E-state index in [1.807, 2.05) is 0 Å². The minimum Gasteiger partial charge on any atom is -0.369 e. The quantitative estimate of drug-likeness (QED) is 0.865. The van der Waals surface area contributed by atoms with Crippen LogP contribution in [0.2, 0.25) is 0 Å². The molecule has 2 aliphatic heterocycles. The van der Waals surface area contributed by atoms with Gasteiger partial charge in [0.05, 0.1) is 23.7 Å². The van der Waals surface area contributed by atoms with Crippen molar-refractivity contribution in [1.82, 2.24) is 4.90 Å². The Hall–Kier alpha value is -1.90. The minimum absolute atomic E-state index is 0.000350. The van der Waals surface area contributed by atoms with Gasteiger partial charge in [0.1, 0.15) is 0 Å². The highest BCUT2D eigenvalue weighted by atomic mass is 32.2. The van der Waals surface area contributed by atoms with Crippen LogP contribution in [0.4, 0.5) is 18.9 Å². The van der Waals surface area contributed by atoms with Crippen molar-refractivity contribution < 1.29 is 22.8 Å². The molecule has 1 fully saturated rings. The average molecular weight is 387 g/mol. The molecule has 2 amide bonds. The molecule has 1 aromatic carbocycles. The van der Waals surface area contributed by atoms with Crippen molar-refractivity contribution in [1.29, 1.82) is 0 Å². The van der Waals surface area contributed by atoms with Crippen LogP contribution in [0.15, 0.2) is 23.1 Å². The first-order chi connectivity index (χ1) is 12.3. The lowest BCUT2D eigenvalue weighted by Gasteiger charge is -2.35. The molecule has 1 atom stereocenters. The van der Waals surface area contributed by atoms with E-state index in [4.69, 9.17) is 5.73 Å². The van der Waals surface area contributed by atoms with Crippen LogP contribution in [0.1, 0.15) is 18.4 Å². The van der Waals surface area contributed by atoms with Crippen LogP contribution in [0.3, 0.4) is 0 Å².